The molecule has 0 amide bonds. The minimum atomic E-state index is -0.0525. The van der Waals surface area contributed by atoms with Gasteiger partial charge in [-0.15, -0.1) is 0 Å². The molecule has 1 atom stereocenters. The monoisotopic (exact) mass is 184 g/mol. The smallest absolute Gasteiger partial charge is 0.317 e. The minimum Gasteiger partial charge on any atom is -0.317 e. The molecule has 0 saturated heterocycles. The largest absolute Gasteiger partial charge is 0.345 e. The number of aryl methyl sites for hydroxylation is 2. The molecule has 0 bridgehead atoms. The molecule has 1 rings (SSSR count). The lowest BCUT2D eigenvalue weighted by Gasteiger charge is -2.08. The number of rotatable bonds is 4. The van der Waals surface area contributed by atoms with Crippen LogP contribution < -0.4 is 11.0 Å². The van der Waals surface area contributed by atoms with E-state index in [0.29, 0.717) is 12.6 Å². The Morgan fingerprint density at radius 1 is 1.69 bits per heavy atom. The predicted octanol–water partition coefficient (Wildman–Crippen LogP) is -0.420. The van der Waals surface area contributed by atoms with E-state index in [1.807, 2.05) is 7.05 Å². The van der Waals surface area contributed by atoms with Crippen LogP contribution in [0.1, 0.15) is 13.3 Å². The highest BCUT2D eigenvalue weighted by molar-refractivity contribution is 4.66. The van der Waals surface area contributed by atoms with Crippen LogP contribution in [-0.2, 0) is 13.6 Å². The summed E-state index contributed by atoms with van der Waals surface area (Å²) in [5, 5.41) is 7.07. The van der Waals surface area contributed by atoms with Crippen molar-refractivity contribution in [3.63, 3.8) is 0 Å². The van der Waals surface area contributed by atoms with Crippen LogP contribution in [0.25, 0.3) is 0 Å². The first-order valence-electron chi connectivity index (χ1n) is 4.41. The molecule has 0 aliphatic rings. The van der Waals surface area contributed by atoms with Gasteiger partial charge < -0.3 is 5.32 Å². The second-order valence-electron chi connectivity index (χ2n) is 3.23. The van der Waals surface area contributed by atoms with Crippen LogP contribution in [0.15, 0.2) is 11.1 Å². The Kier molecular flexibility index (Phi) is 3.25. The van der Waals surface area contributed by atoms with Gasteiger partial charge in [0, 0.05) is 19.6 Å². The van der Waals surface area contributed by atoms with Gasteiger partial charge in [-0.2, -0.15) is 5.10 Å². The molecule has 0 aliphatic heterocycles. The van der Waals surface area contributed by atoms with Crippen LogP contribution in [0.2, 0.25) is 0 Å². The maximum absolute atomic E-state index is 11.3. The van der Waals surface area contributed by atoms with Crippen molar-refractivity contribution in [3.8, 4) is 0 Å². The highest BCUT2D eigenvalue weighted by Crippen LogP contribution is 1.90. The molecule has 1 heterocycles. The Hall–Kier alpha value is -1.10. The van der Waals surface area contributed by atoms with Gasteiger partial charge in [0.1, 0.15) is 6.33 Å². The molecule has 13 heavy (non-hydrogen) atoms. The molecule has 5 heteroatoms. The predicted molar refractivity (Wildman–Crippen MR) is 50.6 cm³/mol. The van der Waals surface area contributed by atoms with E-state index in [0.717, 1.165) is 6.42 Å². The van der Waals surface area contributed by atoms with E-state index < -0.39 is 0 Å². The number of hydrogen-bond acceptors (Lipinski definition) is 3. The van der Waals surface area contributed by atoms with Crippen molar-refractivity contribution in [2.24, 2.45) is 7.05 Å². The Balaban J connectivity index is 2.55. The van der Waals surface area contributed by atoms with Gasteiger partial charge in [-0.3, -0.25) is 4.57 Å². The topological polar surface area (TPSA) is 51.9 Å². The minimum absolute atomic E-state index is 0.0525. The summed E-state index contributed by atoms with van der Waals surface area (Å²) in [7, 11) is 3.61. The van der Waals surface area contributed by atoms with Crippen LogP contribution in [0.4, 0.5) is 0 Å². The van der Waals surface area contributed by atoms with Gasteiger partial charge >= 0.3 is 5.69 Å². The van der Waals surface area contributed by atoms with Crippen LogP contribution >= 0.6 is 0 Å². The third kappa shape index (κ3) is 2.42. The van der Waals surface area contributed by atoms with Crippen LogP contribution in [0.5, 0.6) is 0 Å². The first-order chi connectivity index (χ1) is 6.15. The fourth-order valence-electron chi connectivity index (χ4n) is 1.03. The van der Waals surface area contributed by atoms with Gasteiger partial charge in [0.15, 0.2) is 0 Å². The van der Waals surface area contributed by atoms with Gasteiger partial charge in [0.05, 0.1) is 0 Å². The molecule has 5 nitrogen and oxygen atoms in total. The summed E-state index contributed by atoms with van der Waals surface area (Å²) in [6.07, 6.45) is 2.44. The summed E-state index contributed by atoms with van der Waals surface area (Å²) in [4.78, 5) is 11.3. The highest BCUT2D eigenvalue weighted by Gasteiger charge is 2.03. The van der Waals surface area contributed by atoms with Crippen molar-refractivity contribution in [1.29, 1.82) is 0 Å². The Morgan fingerprint density at radius 2 is 2.38 bits per heavy atom. The summed E-state index contributed by atoms with van der Waals surface area (Å²) >= 11 is 0. The van der Waals surface area contributed by atoms with Crippen LogP contribution in [0, 0.1) is 0 Å². The molecule has 0 aliphatic carbocycles. The molecule has 1 aromatic heterocycles. The average Bonchev–Trinajstić information content (AvgIpc) is 2.44. The van der Waals surface area contributed by atoms with E-state index in [-0.39, 0.29) is 5.69 Å². The summed E-state index contributed by atoms with van der Waals surface area (Å²) in [5.74, 6) is 0. The Morgan fingerprint density at radius 3 is 2.85 bits per heavy atom. The molecule has 0 aromatic carbocycles. The fourth-order valence-corrected chi connectivity index (χ4v) is 1.03. The molecule has 0 fully saturated rings. The van der Waals surface area contributed by atoms with E-state index in [9.17, 15) is 4.79 Å². The average molecular weight is 184 g/mol. The van der Waals surface area contributed by atoms with Crippen molar-refractivity contribution in [2.75, 3.05) is 7.05 Å². The van der Waals surface area contributed by atoms with E-state index in [4.69, 9.17) is 0 Å². The second kappa shape index (κ2) is 4.23. The number of aromatic nitrogens is 3. The zero-order chi connectivity index (χ0) is 9.84. The lowest BCUT2D eigenvalue weighted by molar-refractivity contribution is 0.474. The van der Waals surface area contributed by atoms with Gasteiger partial charge in [-0.05, 0) is 20.4 Å². The van der Waals surface area contributed by atoms with Crippen molar-refractivity contribution in [1.82, 2.24) is 19.7 Å². The second-order valence-corrected chi connectivity index (χ2v) is 3.23. The molecule has 74 valence electrons. The molecule has 1 unspecified atom stereocenters. The molecule has 0 saturated carbocycles. The fraction of sp³-hybridized carbons (Fsp3) is 0.750. The van der Waals surface area contributed by atoms with Crippen LogP contribution in [0.3, 0.4) is 0 Å². The van der Waals surface area contributed by atoms with Gasteiger partial charge in [-0.25, -0.2) is 9.48 Å². The zero-order valence-corrected chi connectivity index (χ0v) is 8.32. The molecule has 0 radical (unpaired) electrons. The summed E-state index contributed by atoms with van der Waals surface area (Å²) in [5.41, 5.74) is -0.0525. The Labute approximate surface area is 77.4 Å². The summed E-state index contributed by atoms with van der Waals surface area (Å²) in [6, 6.07) is 0.411. The molecular weight excluding hydrogens is 168 g/mol. The van der Waals surface area contributed by atoms with Crippen molar-refractivity contribution >= 4 is 0 Å². The zero-order valence-electron chi connectivity index (χ0n) is 8.32. The number of nitrogens with one attached hydrogen (secondary N) is 1. The van der Waals surface area contributed by atoms with Crippen molar-refractivity contribution in [3.05, 3.63) is 16.8 Å². The first kappa shape index (κ1) is 9.98. The van der Waals surface area contributed by atoms with Crippen LogP contribution in [-0.4, -0.2) is 27.4 Å². The molecule has 0 spiro atoms. The highest BCUT2D eigenvalue weighted by atomic mass is 16.2. The van der Waals surface area contributed by atoms with Crippen molar-refractivity contribution in [2.45, 2.75) is 25.9 Å². The SMILES string of the molecule is CNC(C)CCn1ncn(C)c1=O. The maximum Gasteiger partial charge on any atom is 0.345 e. The van der Waals surface area contributed by atoms with E-state index in [2.05, 4.69) is 17.3 Å². The summed E-state index contributed by atoms with van der Waals surface area (Å²) in [6.45, 7) is 2.75. The third-order valence-corrected chi connectivity index (χ3v) is 2.15. The lowest BCUT2D eigenvalue weighted by Crippen LogP contribution is -2.28. The maximum atomic E-state index is 11.3. The number of hydrogen-bond donors (Lipinski definition) is 1. The Bertz CT molecular complexity index is 314. The number of nitrogens with zero attached hydrogens (tertiary/aromatic N) is 3. The van der Waals surface area contributed by atoms with Gasteiger partial charge in [0.25, 0.3) is 0 Å². The van der Waals surface area contributed by atoms with E-state index >= 15 is 0 Å². The third-order valence-electron chi connectivity index (χ3n) is 2.15. The lowest BCUT2D eigenvalue weighted by atomic mass is 10.2. The molecule has 1 aromatic rings. The first-order valence-corrected chi connectivity index (χ1v) is 4.41. The van der Waals surface area contributed by atoms with E-state index in [1.165, 1.54) is 15.6 Å². The standard InChI is InChI=1S/C8H16N4O/c1-7(9-2)4-5-12-8(13)11(3)6-10-12/h6-7,9H,4-5H2,1-3H3. The summed E-state index contributed by atoms with van der Waals surface area (Å²) < 4.78 is 2.96. The molecular formula is C8H16N4O. The normalized spacial score (nSPS) is 13.2. The van der Waals surface area contributed by atoms with E-state index in [1.54, 1.807) is 7.05 Å². The van der Waals surface area contributed by atoms with Gasteiger partial charge in [0.2, 0.25) is 0 Å². The van der Waals surface area contributed by atoms with Gasteiger partial charge in [-0.1, -0.05) is 0 Å². The van der Waals surface area contributed by atoms with Crippen molar-refractivity contribution < 1.29 is 0 Å². The quantitative estimate of drug-likeness (QED) is 0.691. The molecule has 1 N–H and O–H groups in total.